The Balaban J connectivity index is 1.62. The number of aromatic nitrogens is 2. The highest BCUT2D eigenvalue weighted by Gasteiger charge is 2.28. The summed E-state index contributed by atoms with van der Waals surface area (Å²) in [6.07, 6.45) is 2.45. The normalized spacial score (nSPS) is 13.9. The number of hydrogen-bond donors (Lipinski definition) is 1. The van der Waals surface area contributed by atoms with E-state index < -0.39 is 0 Å². The van der Waals surface area contributed by atoms with Gasteiger partial charge in [0.15, 0.2) is 0 Å². The number of ether oxygens (including phenoxy) is 1. The number of thiophene rings is 1. The number of nitrogens with one attached hydrogen (secondary N) is 1. The molecule has 1 aliphatic carbocycles. The Morgan fingerprint density at radius 3 is 2.61 bits per heavy atom. The number of fused-ring (bicyclic) bond motifs is 1. The van der Waals surface area contributed by atoms with Crippen LogP contribution in [0.1, 0.15) is 64.9 Å². The number of aryl methyl sites for hydroxylation is 3. The van der Waals surface area contributed by atoms with Crippen molar-refractivity contribution in [2.45, 2.75) is 59.5 Å². The minimum absolute atomic E-state index is 0.103. The second kappa shape index (κ2) is 7.17. The number of carbonyl (C=O) groups excluding carboxylic acids is 1. The molecule has 0 unspecified atom stereocenters. The lowest BCUT2D eigenvalue weighted by Crippen LogP contribution is -2.12. The molecule has 146 valence electrons. The second-order valence-corrected chi connectivity index (χ2v) is 8.77. The molecule has 2 heterocycles. The monoisotopic (exact) mass is 395 g/mol. The van der Waals surface area contributed by atoms with E-state index in [2.05, 4.69) is 10.3 Å². The fourth-order valence-electron chi connectivity index (χ4n) is 3.40. The molecule has 1 amide bonds. The van der Waals surface area contributed by atoms with Gasteiger partial charge in [-0.2, -0.15) is 0 Å². The fourth-order valence-corrected chi connectivity index (χ4v) is 4.54. The Morgan fingerprint density at radius 1 is 1.21 bits per heavy atom. The number of rotatable bonds is 5. The third kappa shape index (κ3) is 3.61. The van der Waals surface area contributed by atoms with E-state index in [9.17, 15) is 4.79 Å². The van der Waals surface area contributed by atoms with Crippen molar-refractivity contribution in [2.24, 2.45) is 0 Å². The van der Waals surface area contributed by atoms with Crippen molar-refractivity contribution in [1.82, 2.24) is 9.97 Å². The van der Waals surface area contributed by atoms with Gasteiger partial charge >= 0.3 is 0 Å². The first-order valence-electron chi connectivity index (χ1n) is 9.69. The maximum atomic E-state index is 13.0. The predicted octanol–water partition coefficient (Wildman–Crippen LogP) is 5.53. The van der Waals surface area contributed by atoms with Crippen molar-refractivity contribution in [2.75, 3.05) is 5.32 Å². The minimum atomic E-state index is -0.103. The predicted molar refractivity (Wildman–Crippen MR) is 114 cm³/mol. The average molecular weight is 396 g/mol. The summed E-state index contributed by atoms with van der Waals surface area (Å²) < 4.78 is 5.72. The molecular formula is C22H25N3O2S. The molecule has 1 fully saturated rings. The number of hydrogen-bond acceptors (Lipinski definition) is 5. The SMILES string of the molecule is Cc1cc(OC(C)C)ccc1NC(=O)c1sc2nc(C3CC3)nc(C)c2c1C. The largest absolute Gasteiger partial charge is 0.491 e. The summed E-state index contributed by atoms with van der Waals surface area (Å²) in [5.74, 6) is 2.13. The maximum absolute atomic E-state index is 13.0. The lowest BCUT2D eigenvalue weighted by molar-refractivity contribution is 0.103. The smallest absolute Gasteiger partial charge is 0.266 e. The van der Waals surface area contributed by atoms with Crippen molar-refractivity contribution in [3.8, 4) is 5.75 Å². The van der Waals surface area contributed by atoms with Crippen LogP contribution in [0.4, 0.5) is 5.69 Å². The van der Waals surface area contributed by atoms with Crippen LogP contribution in [0.15, 0.2) is 18.2 Å². The molecule has 0 bridgehead atoms. The molecule has 0 spiro atoms. The van der Waals surface area contributed by atoms with E-state index in [-0.39, 0.29) is 12.0 Å². The summed E-state index contributed by atoms with van der Waals surface area (Å²) in [6.45, 7) is 9.95. The Kier molecular flexibility index (Phi) is 4.83. The topological polar surface area (TPSA) is 64.1 Å². The Hall–Kier alpha value is -2.47. The van der Waals surface area contributed by atoms with Crippen LogP contribution in [0.25, 0.3) is 10.2 Å². The lowest BCUT2D eigenvalue weighted by atomic mass is 10.1. The lowest BCUT2D eigenvalue weighted by Gasteiger charge is -2.13. The fraction of sp³-hybridized carbons (Fsp3) is 0.409. The van der Waals surface area contributed by atoms with Crippen molar-refractivity contribution in [1.29, 1.82) is 0 Å². The second-order valence-electron chi connectivity index (χ2n) is 7.78. The van der Waals surface area contributed by atoms with Gasteiger partial charge in [0, 0.05) is 17.0 Å². The molecule has 6 heteroatoms. The molecule has 0 aliphatic heterocycles. The highest BCUT2D eigenvalue weighted by atomic mass is 32.1. The Labute approximate surface area is 169 Å². The van der Waals surface area contributed by atoms with E-state index in [1.165, 1.54) is 24.2 Å². The van der Waals surface area contributed by atoms with E-state index in [0.717, 1.165) is 44.3 Å². The summed E-state index contributed by atoms with van der Waals surface area (Å²) in [4.78, 5) is 24.0. The molecule has 28 heavy (non-hydrogen) atoms. The molecule has 0 saturated heterocycles. The molecule has 2 aromatic heterocycles. The Morgan fingerprint density at radius 2 is 1.96 bits per heavy atom. The van der Waals surface area contributed by atoms with Gasteiger partial charge in [0.05, 0.1) is 16.7 Å². The minimum Gasteiger partial charge on any atom is -0.491 e. The molecular weight excluding hydrogens is 370 g/mol. The molecule has 1 aliphatic rings. The standard InChI is InChI=1S/C22H25N3O2S/c1-11(2)27-16-8-9-17(12(3)10-16)24-21(26)19-13(4)18-14(5)23-20(15-6-7-15)25-22(18)28-19/h8-11,15H,6-7H2,1-5H3,(H,24,26). The van der Waals surface area contributed by atoms with E-state index in [4.69, 9.17) is 9.72 Å². The summed E-state index contributed by atoms with van der Waals surface area (Å²) in [6, 6.07) is 5.73. The highest BCUT2D eigenvalue weighted by molar-refractivity contribution is 7.20. The third-order valence-electron chi connectivity index (χ3n) is 4.95. The molecule has 5 nitrogen and oxygen atoms in total. The van der Waals surface area contributed by atoms with Gasteiger partial charge in [0.2, 0.25) is 0 Å². The number of anilines is 1. The van der Waals surface area contributed by atoms with Gasteiger partial charge in [-0.25, -0.2) is 9.97 Å². The van der Waals surface area contributed by atoms with E-state index in [0.29, 0.717) is 10.8 Å². The van der Waals surface area contributed by atoms with Crippen molar-refractivity contribution in [3.05, 3.63) is 45.7 Å². The van der Waals surface area contributed by atoms with Crippen LogP contribution in [0.2, 0.25) is 0 Å². The first kappa shape index (κ1) is 18.9. The number of nitrogens with zero attached hydrogens (tertiary/aromatic N) is 2. The van der Waals surface area contributed by atoms with Crippen molar-refractivity contribution < 1.29 is 9.53 Å². The quantitative estimate of drug-likeness (QED) is 0.616. The summed E-state index contributed by atoms with van der Waals surface area (Å²) >= 11 is 1.45. The van der Waals surface area contributed by atoms with Gasteiger partial charge in [0.1, 0.15) is 16.4 Å². The third-order valence-corrected chi connectivity index (χ3v) is 6.14. The van der Waals surface area contributed by atoms with Gasteiger partial charge in [-0.05, 0) is 76.8 Å². The molecule has 3 aromatic rings. The molecule has 0 atom stereocenters. The number of benzene rings is 1. The maximum Gasteiger partial charge on any atom is 0.266 e. The summed E-state index contributed by atoms with van der Waals surface area (Å²) in [7, 11) is 0. The van der Waals surface area contributed by atoms with Gasteiger partial charge in [-0.3, -0.25) is 4.79 Å². The van der Waals surface area contributed by atoms with E-state index in [1.54, 1.807) is 0 Å². The molecule has 1 saturated carbocycles. The summed E-state index contributed by atoms with van der Waals surface area (Å²) in [5, 5.41) is 4.06. The van der Waals surface area contributed by atoms with E-state index in [1.807, 2.05) is 52.8 Å². The number of carbonyl (C=O) groups is 1. The van der Waals surface area contributed by atoms with Crippen LogP contribution in [0, 0.1) is 20.8 Å². The van der Waals surface area contributed by atoms with Crippen molar-refractivity contribution >= 4 is 33.1 Å². The summed E-state index contributed by atoms with van der Waals surface area (Å²) in [5.41, 5.74) is 3.68. The zero-order chi connectivity index (χ0) is 20.0. The van der Waals surface area contributed by atoms with Crippen LogP contribution in [0.3, 0.4) is 0 Å². The zero-order valence-corrected chi connectivity index (χ0v) is 17.7. The Bertz CT molecular complexity index is 1070. The van der Waals surface area contributed by atoms with Crippen LogP contribution in [0.5, 0.6) is 5.75 Å². The molecule has 0 radical (unpaired) electrons. The first-order chi connectivity index (χ1) is 13.3. The first-order valence-corrected chi connectivity index (χ1v) is 10.5. The van der Waals surface area contributed by atoms with Gasteiger partial charge in [-0.15, -0.1) is 11.3 Å². The zero-order valence-electron chi connectivity index (χ0n) is 16.9. The molecule has 1 N–H and O–H groups in total. The average Bonchev–Trinajstić information content (AvgIpc) is 3.41. The van der Waals surface area contributed by atoms with Crippen LogP contribution in [-0.2, 0) is 0 Å². The molecule has 1 aromatic carbocycles. The van der Waals surface area contributed by atoms with Crippen molar-refractivity contribution in [3.63, 3.8) is 0 Å². The van der Waals surface area contributed by atoms with Crippen LogP contribution >= 0.6 is 11.3 Å². The van der Waals surface area contributed by atoms with Gasteiger partial charge in [-0.1, -0.05) is 0 Å². The van der Waals surface area contributed by atoms with Gasteiger partial charge < -0.3 is 10.1 Å². The van der Waals surface area contributed by atoms with Crippen LogP contribution in [-0.4, -0.2) is 22.0 Å². The highest BCUT2D eigenvalue weighted by Crippen LogP contribution is 2.40. The number of amides is 1. The van der Waals surface area contributed by atoms with Crippen LogP contribution < -0.4 is 10.1 Å². The molecule has 4 rings (SSSR count). The van der Waals surface area contributed by atoms with Gasteiger partial charge in [0.25, 0.3) is 5.91 Å². The van der Waals surface area contributed by atoms with E-state index >= 15 is 0 Å².